The van der Waals surface area contributed by atoms with E-state index in [1.54, 1.807) is 23.1 Å². The summed E-state index contributed by atoms with van der Waals surface area (Å²) in [6, 6.07) is 6.56. The molecule has 1 atom stereocenters. The molecule has 3 rings (SSSR count). The van der Waals surface area contributed by atoms with Crippen LogP contribution in [-0.2, 0) is 14.4 Å². The molecule has 0 aromatic heterocycles. The van der Waals surface area contributed by atoms with Crippen LogP contribution in [0.2, 0.25) is 0 Å². The number of carbonyl (C=O) groups excluding carboxylic acids is 3. The molecule has 1 heterocycles. The van der Waals surface area contributed by atoms with Crippen molar-refractivity contribution in [2.75, 3.05) is 11.4 Å². The Morgan fingerprint density at radius 2 is 1.85 bits per heavy atom. The lowest BCUT2D eigenvalue weighted by Crippen LogP contribution is -2.48. The molecular weight excluding hydrogens is 328 g/mol. The topological polar surface area (TPSA) is 57.7 Å². The molecule has 0 radical (unpaired) electrons. The third-order valence-corrected chi connectivity index (χ3v) is 5.35. The summed E-state index contributed by atoms with van der Waals surface area (Å²) in [6.45, 7) is 5.97. The van der Waals surface area contributed by atoms with Gasteiger partial charge in [-0.3, -0.25) is 14.4 Å². The third-order valence-electron chi connectivity index (χ3n) is 5.35. The number of hydrogen-bond donors (Lipinski definition) is 0. The zero-order valence-corrected chi connectivity index (χ0v) is 15.3. The maximum atomic E-state index is 13.0. The van der Waals surface area contributed by atoms with Gasteiger partial charge in [0.05, 0.1) is 12.1 Å². The minimum atomic E-state index is -0.726. The minimum absolute atomic E-state index is 0.0125. The van der Waals surface area contributed by atoms with Gasteiger partial charge in [0.2, 0.25) is 11.8 Å². The van der Waals surface area contributed by atoms with Gasteiger partial charge in [-0.05, 0) is 31.9 Å². The zero-order chi connectivity index (χ0) is 18.7. The van der Waals surface area contributed by atoms with Crippen LogP contribution in [0.4, 0.5) is 5.69 Å². The fourth-order valence-electron chi connectivity index (χ4n) is 3.92. The van der Waals surface area contributed by atoms with Gasteiger partial charge in [-0.2, -0.15) is 0 Å². The smallest absolute Gasteiger partial charge is 0.257 e. The Balaban J connectivity index is 1.82. The largest absolute Gasteiger partial charge is 0.326 e. The van der Waals surface area contributed by atoms with Gasteiger partial charge < -0.3 is 4.90 Å². The minimum Gasteiger partial charge on any atom is -0.326 e. The van der Waals surface area contributed by atoms with Gasteiger partial charge in [-0.15, -0.1) is 6.58 Å². The van der Waals surface area contributed by atoms with Gasteiger partial charge in [0.1, 0.15) is 6.04 Å². The molecule has 2 fully saturated rings. The van der Waals surface area contributed by atoms with Crippen LogP contribution in [0.3, 0.4) is 0 Å². The van der Waals surface area contributed by atoms with E-state index in [9.17, 15) is 14.4 Å². The van der Waals surface area contributed by atoms with E-state index in [-0.39, 0.29) is 30.1 Å². The zero-order valence-electron chi connectivity index (χ0n) is 15.3. The molecule has 138 valence electrons. The highest BCUT2D eigenvalue weighted by molar-refractivity contribution is 6.23. The first-order valence-electron chi connectivity index (χ1n) is 9.37. The highest BCUT2D eigenvalue weighted by Crippen LogP contribution is 2.30. The first-order chi connectivity index (χ1) is 12.5. The number of amides is 3. The summed E-state index contributed by atoms with van der Waals surface area (Å²) in [5.41, 5.74) is 1.63. The van der Waals surface area contributed by atoms with E-state index < -0.39 is 6.04 Å². The van der Waals surface area contributed by atoms with Crippen LogP contribution in [-0.4, -0.2) is 35.2 Å². The van der Waals surface area contributed by atoms with Crippen molar-refractivity contribution in [3.63, 3.8) is 0 Å². The van der Waals surface area contributed by atoms with Crippen LogP contribution in [0, 0.1) is 12.8 Å². The van der Waals surface area contributed by atoms with E-state index in [0.717, 1.165) is 37.7 Å². The number of benzene rings is 1. The maximum Gasteiger partial charge on any atom is 0.257 e. The van der Waals surface area contributed by atoms with Crippen molar-refractivity contribution in [2.45, 2.75) is 51.5 Å². The lowest BCUT2D eigenvalue weighted by atomic mass is 9.88. The van der Waals surface area contributed by atoms with Crippen LogP contribution >= 0.6 is 0 Å². The summed E-state index contributed by atoms with van der Waals surface area (Å²) < 4.78 is 0. The van der Waals surface area contributed by atoms with Crippen molar-refractivity contribution in [3.8, 4) is 0 Å². The second kappa shape index (κ2) is 7.85. The number of hydrogen-bond acceptors (Lipinski definition) is 3. The summed E-state index contributed by atoms with van der Waals surface area (Å²) in [4.78, 5) is 41.3. The molecule has 1 aliphatic carbocycles. The fourth-order valence-corrected chi connectivity index (χ4v) is 3.92. The highest BCUT2D eigenvalue weighted by atomic mass is 16.2. The summed E-state index contributed by atoms with van der Waals surface area (Å²) in [5.74, 6) is -0.624. The Morgan fingerprint density at radius 1 is 1.19 bits per heavy atom. The van der Waals surface area contributed by atoms with Crippen molar-refractivity contribution in [1.82, 2.24) is 4.90 Å². The van der Waals surface area contributed by atoms with E-state index in [1.165, 1.54) is 4.90 Å². The van der Waals surface area contributed by atoms with Crippen molar-refractivity contribution >= 4 is 23.4 Å². The van der Waals surface area contributed by atoms with E-state index in [0.29, 0.717) is 12.2 Å². The summed E-state index contributed by atoms with van der Waals surface area (Å²) in [6.07, 6.45) is 6.65. The van der Waals surface area contributed by atoms with Gasteiger partial charge >= 0.3 is 0 Å². The van der Waals surface area contributed by atoms with E-state index >= 15 is 0 Å². The monoisotopic (exact) mass is 354 g/mol. The van der Waals surface area contributed by atoms with E-state index in [1.807, 2.05) is 19.1 Å². The molecule has 1 saturated carbocycles. The average molecular weight is 354 g/mol. The number of nitrogens with zero attached hydrogens (tertiary/aromatic N) is 2. The van der Waals surface area contributed by atoms with Crippen molar-refractivity contribution < 1.29 is 14.4 Å². The predicted octanol–water partition coefficient (Wildman–Crippen LogP) is 3.22. The molecule has 26 heavy (non-hydrogen) atoms. The molecular formula is C21H26N2O3. The number of carbonyl (C=O) groups is 3. The molecule has 1 unspecified atom stereocenters. The second-order valence-corrected chi connectivity index (χ2v) is 7.24. The number of imide groups is 1. The number of anilines is 1. The quantitative estimate of drug-likeness (QED) is 0.603. The molecule has 0 N–H and O–H groups in total. The predicted molar refractivity (Wildman–Crippen MR) is 101 cm³/mol. The van der Waals surface area contributed by atoms with Gasteiger partial charge in [-0.25, -0.2) is 4.90 Å². The van der Waals surface area contributed by atoms with Crippen LogP contribution in [0.25, 0.3) is 0 Å². The molecule has 1 aliphatic heterocycles. The average Bonchev–Trinajstić information content (AvgIpc) is 2.95. The first kappa shape index (κ1) is 18.4. The van der Waals surface area contributed by atoms with Crippen LogP contribution in [0.15, 0.2) is 36.9 Å². The molecule has 5 nitrogen and oxygen atoms in total. The Labute approximate surface area is 154 Å². The van der Waals surface area contributed by atoms with E-state index in [2.05, 4.69) is 6.58 Å². The van der Waals surface area contributed by atoms with Gasteiger partial charge in [0.15, 0.2) is 0 Å². The Morgan fingerprint density at radius 3 is 2.46 bits per heavy atom. The molecule has 3 amide bonds. The normalized spacial score (nSPS) is 21.1. The van der Waals surface area contributed by atoms with Gasteiger partial charge in [0, 0.05) is 12.5 Å². The van der Waals surface area contributed by atoms with Crippen LogP contribution in [0.1, 0.15) is 44.1 Å². The first-order valence-corrected chi connectivity index (χ1v) is 9.37. The lowest BCUT2D eigenvalue weighted by Gasteiger charge is -2.31. The second-order valence-electron chi connectivity index (χ2n) is 7.24. The highest BCUT2D eigenvalue weighted by Gasteiger charge is 2.45. The summed E-state index contributed by atoms with van der Waals surface area (Å²) >= 11 is 0. The molecule has 0 spiro atoms. The SMILES string of the molecule is C=CCN(C(=O)C1CCCCC1)C1CC(=O)N(c2ccc(C)cc2)C1=O. The van der Waals surface area contributed by atoms with Gasteiger partial charge in [-0.1, -0.05) is 43.0 Å². The summed E-state index contributed by atoms with van der Waals surface area (Å²) in [5, 5.41) is 0. The van der Waals surface area contributed by atoms with Crippen LogP contribution < -0.4 is 4.90 Å². The third kappa shape index (κ3) is 3.57. The van der Waals surface area contributed by atoms with Crippen molar-refractivity contribution in [2.24, 2.45) is 5.92 Å². The van der Waals surface area contributed by atoms with E-state index in [4.69, 9.17) is 0 Å². The summed E-state index contributed by atoms with van der Waals surface area (Å²) in [7, 11) is 0. The molecule has 0 bridgehead atoms. The molecule has 1 aromatic carbocycles. The Kier molecular flexibility index (Phi) is 5.55. The lowest BCUT2D eigenvalue weighted by molar-refractivity contribution is -0.142. The van der Waals surface area contributed by atoms with Gasteiger partial charge in [0.25, 0.3) is 5.91 Å². The number of rotatable bonds is 5. The number of aryl methyl sites for hydroxylation is 1. The van der Waals surface area contributed by atoms with Crippen molar-refractivity contribution in [1.29, 1.82) is 0 Å². The molecule has 5 heteroatoms. The molecule has 1 aromatic rings. The van der Waals surface area contributed by atoms with Crippen LogP contribution in [0.5, 0.6) is 0 Å². The standard InChI is InChI=1S/C21H26N2O3/c1-3-13-22(20(25)16-7-5-4-6-8-16)18-14-19(24)23(21(18)26)17-11-9-15(2)10-12-17/h3,9-12,16,18H,1,4-8,13-14H2,2H3. The fraction of sp³-hybridized carbons (Fsp3) is 0.476. The maximum absolute atomic E-state index is 13.0. The Bertz CT molecular complexity index is 704. The molecule has 1 saturated heterocycles. The van der Waals surface area contributed by atoms with Crippen molar-refractivity contribution in [3.05, 3.63) is 42.5 Å². The molecule has 2 aliphatic rings. The Hall–Kier alpha value is -2.43.